The molecule has 0 saturated heterocycles. The summed E-state index contributed by atoms with van der Waals surface area (Å²) in [5.41, 5.74) is 0.0693. The Labute approximate surface area is 228 Å². The number of amides is 2. The number of rotatable bonds is 10. The monoisotopic (exact) mass is 557 g/mol. The maximum absolute atomic E-state index is 13.9. The summed E-state index contributed by atoms with van der Waals surface area (Å²) in [6.45, 7) is 6.48. The molecule has 1 atom stereocenters. The first-order chi connectivity index (χ1) is 18.3. The first-order valence-corrected chi connectivity index (χ1v) is 13.9. The zero-order valence-electron chi connectivity index (χ0n) is 22.4. The molecule has 0 fully saturated rings. The molecule has 3 rings (SSSR count). The van der Waals surface area contributed by atoms with Gasteiger partial charge >= 0.3 is 0 Å². The van der Waals surface area contributed by atoms with Crippen molar-refractivity contribution in [1.29, 1.82) is 0 Å². The SMILES string of the molecule is CC[C@@H](C(=O)NC(C)(C)C)N(Cc1ccc(F)cc1)C(=O)CN(c1ccc(F)cc1)S(=O)(=O)c1ccccc1. The fourth-order valence-corrected chi connectivity index (χ4v) is 5.45. The van der Waals surface area contributed by atoms with E-state index in [1.54, 1.807) is 25.1 Å². The number of anilines is 1. The summed E-state index contributed by atoms with van der Waals surface area (Å²) in [6, 6.07) is 16.9. The third kappa shape index (κ3) is 7.86. The molecule has 3 aromatic rings. The molecule has 39 heavy (non-hydrogen) atoms. The quantitative estimate of drug-likeness (QED) is 0.385. The summed E-state index contributed by atoms with van der Waals surface area (Å²) in [5.74, 6) is -2.07. The van der Waals surface area contributed by atoms with Crippen LogP contribution in [0.2, 0.25) is 0 Å². The maximum Gasteiger partial charge on any atom is 0.264 e. The minimum atomic E-state index is -4.24. The van der Waals surface area contributed by atoms with Crippen LogP contribution < -0.4 is 9.62 Å². The normalized spacial score (nSPS) is 12.5. The van der Waals surface area contributed by atoms with Gasteiger partial charge in [-0.2, -0.15) is 0 Å². The molecule has 0 bridgehead atoms. The Morgan fingerprint density at radius 2 is 1.41 bits per heavy atom. The van der Waals surface area contributed by atoms with Crippen LogP contribution in [0.1, 0.15) is 39.7 Å². The zero-order chi connectivity index (χ0) is 28.8. The van der Waals surface area contributed by atoms with Crippen molar-refractivity contribution >= 4 is 27.5 Å². The average Bonchev–Trinajstić information content (AvgIpc) is 2.88. The highest BCUT2D eigenvalue weighted by atomic mass is 32.2. The molecule has 0 unspecified atom stereocenters. The van der Waals surface area contributed by atoms with E-state index in [0.717, 1.165) is 16.4 Å². The van der Waals surface area contributed by atoms with Gasteiger partial charge < -0.3 is 10.2 Å². The first kappa shape index (κ1) is 29.8. The molecular formula is C29H33F2N3O4S. The van der Waals surface area contributed by atoms with E-state index in [2.05, 4.69) is 5.32 Å². The first-order valence-electron chi connectivity index (χ1n) is 12.5. The Morgan fingerprint density at radius 1 is 0.872 bits per heavy atom. The van der Waals surface area contributed by atoms with Gasteiger partial charge in [-0.1, -0.05) is 37.3 Å². The highest BCUT2D eigenvalue weighted by molar-refractivity contribution is 7.92. The van der Waals surface area contributed by atoms with E-state index in [-0.39, 0.29) is 23.5 Å². The van der Waals surface area contributed by atoms with Crippen molar-refractivity contribution in [2.75, 3.05) is 10.8 Å². The summed E-state index contributed by atoms with van der Waals surface area (Å²) < 4.78 is 55.5. The van der Waals surface area contributed by atoms with Gasteiger partial charge in [0.25, 0.3) is 10.0 Å². The van der Waals surface area contributed by atoms with Crippen molar-refractivity contribution in [3.05, 3.63) is 96.1 Å². The Bertz CT molecular complexity index is 1370. The van der Waals surface area contributed by atoms with Crippen molar-refractivity contribution in [2.45, 2.75) is 57.1 Å². The third-order valence-corrected chi connectivity index (χ3v) is 7.66. The van der Waals surface area contributed by atoms with Gasteiger partial charge in [0.1, 0.15) is 24.2 Å². The lowest BCUT2D eigenvalue weighted by Crippen LogP contribution is -2.55. The molecule has 2 amide bonds. The molecule has 0 aromatic heterocycles. The fraction of sp³-hybridized carbons (Fsp3) is 0.310. The predicted octanol–water partition coefficient (Wildman–Crippen LogP) is 4.88. The minimum Gasteiger partial charge on any atom is -0.350 e. The number of benzene rings is 3. The van der Waals surface area contributed by atoms with Crippen LogP contribution in [0.25, 0.3) is 0 Å². The predicted molar refractivity (Wildman–Crippen MR) is 146 cm³/mol. The van der Waals surface area contributed by atoms with Crippen molar-refractivity contribution in [3.63, 3.8) is 0 Å². The van der Waals surface area contributed by atoms with Crippen molar-refractivity contribution in [3.8, 4) is 0 Å². The Hall–Kier alpha value is -3.79. The molecule has 0 heterocycles. The van der Waals surface area contributed by atoms with Gasteiger partial charge in [-0.25, -0.2) is 17.2 Å². The molecular weight excluding hydrogens is 524 g/mol. The van der Waals surface area contributed by atoms with Gasteiger partial charge in [-0.15, -0.1) is 0 Å². The van der Waals surface area contributed by atoms with Gasteiger partial charge in [0, 0.05) is 12.1 Å². The summed E-state index contributed by atoms with van der Waals surface area (Å²) in [6.07, 6.45) is 0.247. The number of nitrogens with one attached hydrogen (secondary N) is 1. The lowest BCUT2D eigenvalue weighted by atomic mass is 10.1. The van der Waals surface area contributed by atoms with E-state index in [0.29, 0.717) is 5.56 Å². The van der Waals surface area contributed by atoms with Crippen LogP contribution >= 0.6 is 0 Å². The van der Waals surface area contributed by atoms with Crippen LogP contribution in [-0.4, -0.2) is 43.3 Å². The zero-order valence-corrected chi connectivity index (χ0v) is 23.2. The number of hydrogen-bond acceptors (Lipinski definition) is 4. The van der Waals surface area contributed by atoms with Gasteiger partial charge in [-0.05, 0) is 81.3 Å². The minimum absolute atomic E-state index is 0.0512. The number of sulfonamides is 1. The Morgan fingerprint density at radius 3 is 1.92 bits per heavy atom. The highest BCUT2D eigenvalue weighted by Gasteiger charge is 2.34. The number of hydrogen-bond donors (Lipinski definition) is 1. The van der Waals surface area contributed by atoms with Crippen LogP contribution in [0, 0.1) is 11.6 Å². The second-order valence-corrected chi connectivity index (χ2v) is 12.0. The van der Waals surface area contributed by atoms with Crippen LogP contribution in [0.15, 0.2) is 83.8 Å². The average molecular weight is 558 g/mol. The molecule has 0 radical (unpaired) electrons. The molecule has 1 N–H and O–H groups in total. The molecule has 0 saturated carbocycles. The number of carbonyl (C=O) groups excluding carboxylic acids is 2. The largest absolute Gasteiger partial charge is 0.350 e. The van der Waals surface area contributed by atoms with Crippen LogP contribution in [-0.2, 0) is 26.2 Å². The third-order valence-electron chi connectivity index (χ3n) is 5.87. The van der Waals surface area contributed by atoms with E-state index >= 15 is 0 Å². The van der Waals surface area contributed by atoms with Gasteiger partial charge in [0.15, 0.2) is 0 Å². The molecule has 0 aliphatic rings. The van der Waals surface area contributed by atoms with E-state index < -0.39 is 51.6 Å². The second kappa shape index (κ2) is 12.4. The summed E-state index contributed by atoms with van der Waals surface area (Å²) in [5, 5.41) is 2.88. The standard InChI is InChI=1S/C29H33F2N3O4S/c1-5-26(28(36)32-29(2,3)4)33(19-21-11-13-22(30)14-12-21)27(35)20-34(24-17-15-23(31)16-18-24)39(37,38)25-9-7-6-8-10-25/h6-18,26H,5,19-20H2,1-4H3,(H,32,36)/t26-/m0/s1. The lowest BCUT2D eigenvalue weighted by Gasteiger charge is -2.34. The number of nitrogens with zero attached hydrogens (tertiary/aromatic N) is 2. The Kier molecular flexibility index (Phi) is 9.45. The molecule has 10 heteroatoms. The van der Waals surface area contributed by atoms with Crippen molar-refractivity contribution < 1.29 is 26.8 Å². The van der Waals surface area contributed by atoms with Crippen LogP contribution in [0.3, 0.4) is 0 Å². The molecule has 3 aromatic carbocycles. The van der Waals surface area contributed by atoms with Gasteiger partial charge in [0.05, 0.1) is 10.6 Å². The molecule has 0 aliphatic heterocycles. The van der Waals surface area contributed by atoms with E-state index in [4.69, 9.17) is 0 Å². The van der Waals surface area contributed by atoms with E-state index in [9.17, 15) is 26.8 Å². The molecule has 0 aliphatic carbocycles. The number of carbonyl (C=O) groups is 2. The second-order valence-electron chi connectivity index (χ2n) is 10.1. The fourth-order valence-electron chi connectivity index (χ4n) is 4.01. The van der Waals surface area contributed by atoms with Crippen LogP contribution in [0.4, 0.5) is 14.5 Å². The topological polar surface area (TPSA) is 86.8 Å². The molecule has 0 spiro atoms. The summed E-state index contributed by atoms with van der Waals surface area (Å²) >= 11 is 0. The lowest BCUT2D eigenvalue weighted by molar-refractivity contribution is -0.141. The Balaban J connectivity index is 2.05. The summed E-state index contributed by atoms with van der Waals surface area (Å²) in [4.78, 5) is 28.4. The number of halogens is 2. The maximum atomic E-state index is 13.9. The van der Waals surface area contributed by atoms with E-state index in [1.807, 2.05) is 20.8 Å². The van der Waals surface area contributed by atoms with Crippen molar-refractivity contribution in [1.82, 2.24) is 10.2 Å². The highest BCUT2D eigenvalue weighted by Crippen LogP contribution is 2.25. The van der Waals surface area contributed by atoms with Crippen molar-refractivity contribution in [2.24, 2.45) is 0 Å². The van der Waals surface area contributed by atoms with Gasteiger partial charge in [-0.3, -0.25) is 13.9 Å². The van der Waals surface area contributed by atoms with E-state index in [1.165, 1.54) is 53.4 Å². The van der Waals surface area contributed by atoms with Gasteiger partial charge in [0.2, 0.25) is 11.8 Å². The summed E-state index contributed by atoms with van der Waals surface area (Å²) in [7, 11) is -4.24. The molecule has 7 nitrogen and oxygen atoms in total. The smallest absolute Gasteiger partial charge is 0.264 e. The molecule has 208 valence electrons. The van der Waals surface area contributed by atoms with Crippen LogP contribution in [0.5, 0.6) is 0 Å².